The second kappa shape index (κ2) is 14.7. The van der Waals surface area contributed by atoms with Crippen LogP contribution in [0.4, 0.5) is 0 Å². The number of aryl methyl sites for hydroxylation is 1. The van der Waals surface area contributed by atoms with Crippen molar-refractivity contribution >= 4 is 10.8 Å². The van der Waals surface area contributed by atoms with Gasteiger partial charge in [0.1, 0.15) is 0 Å². The van der Waals surface area contributed by atoms with Gasteiger partial charge < -0.3 is 14.9 Å². The summed E-state index contributed by atoms with van der Waals surface area (Å²) in [6.07, 6.45) is 12.1. The standard InChI is InChI=1S/C22H31.C10H15.2CH3.Hf/c1-4-5-6-7-8-9-10-17-11-12-18-13-19-15-22(2,3)16-20(19)14-21(17)18;1-6-7(2)9(4)10(5)8(6)3;;;/h11-14H,4-10,15-16H2,1-3H3;1-5H3;2*1H3;/q4*-1;+4. The fourth-order valence-electron chi connectivity index (χ4n) is 5.55. The molecule has 0 spiro atoms. The van der Waals surface area contributed by atoms with Crippen molar-refractivity contribution < 1.29 is 25.8 Å². The Morgan fingerprint density at radius 3 is 1.83 bits per heavy atom. The molecule has 3 aromatic carbocycles. The second-order valence-electron chi connectivity index (χ2n) is 11.2. The molecule has 0 saturated heterocycles. The predicted molar refractivity (Wildman–Crippen MR) is 156 cm³/mol. The summed E-state index contributed by atoms with van der Waals surface area (Å²) in [7, 11) is 0. The first-order chi connectivity index (χ1) is 15.1. The molecule has 0 heterocycles. The summed E-state index contributed by atoms with van der Waals surface area (Å²) < 4.78 is 0. The zero-order chi connectivity index (χ0) is 23.5. The summed E-state index contributed by atoms with van der Waals surface area (Å²) >= 11 is 0. The van der Waals surface area contributed by atoms with Crippen molar-refractivity contribution in [2.75, 3.05) is 0 Å². The van der Waals surface area contributed by atoms with E-state index in [2.05, 4.69) is 79.7 Å². The zero-order valence-electron chi connectivity index (χ0n) is 24.7. The summed E-state index contributed by atoms with van der Waals surface area (Å²) in [4.78, 5) is 0. The van der Waals surface area contributed by atoms with Crippen molar-refractivity contribution in [2.45, 2.75) is 113 Å². The van der Waals surface area contributed by atoms with Crippen molar-refractivity contribution in [3.05, 3.63) is 83.6 Å². The molecule has 192 valence electrons. The molecule has 0 fully saturated rings. The van der Waals surface area contributed by atoms with Crippen LogP contribution in [0.25, 0.3) is 10.8 Å². The summed E-state index contributed by atoms with van der Waals surface area (Å²) in [6, 6.07) is 9.68. The molecule has 0 aromatic heterocycles. The van der Waals surface area contributed by atoms with E-state index in [4.69, 9.17) is 0 Å². The van der Waals surface area contributed by atoms with Crippen LogP contribution in [0.5, 0.6) is 0 Å². The average Bonchev–Trinajstić information content (AvgIpc) is 3.33. The fourth-order valence-corrected chi connectivity index (χ4v) is 5.55. The van der Waals surface area contributed by atoms with Gasteiger partial charge in [-0.25, -0.2) is 0 Å². The monoisotopic (exact) mass is 640 g/mol. The van der Waals surface area contributed by atoms with E-state index in [1.54, 1.807) is 16.7 Å². The molecule has 0 unspecified atom stereocenters. The molecule has 3 aromatic rings. The molecule has 0 saturated carbocycles. The summed E-state index contributed by atoms with van der Waals surface area (Å²) in [5, 5.41) is 3.00. The van der Waals surface area contributed by atoms with Crippen LogP contribution in [0.3, 0.4) is 0 Å². The van der Waals surface area contributed by atoms with Crippen molar-refractivity contribution in [3.63, 3.8) is 0 Å². The van der Waals surface area contributed by atoms with E-state index in [-0.39, 0.29) is 40.7 Å². The third kappa shape index (κ3) is 8.28. The van der Waals surface area contributed by atoms with E-state index < -0.39 is 0 Å². The maximum Gasteiger partial charge on any atom is 4.00 e. The molecular weight excluding hydrogens is 587 g/mol. The Hall–Kier alpha value is -0.950. The second-order valence-corrected chi connectivity index (χ2v) is 11.2. The summed E-state index contributed by atoms with van der Waals surface area (Å²) in [5.74, 6) is 0. The van der Waals surface area contributed by atoms with Crippen molar-refractivity contribution in [1.29, 1.82) is 0 Å². The zero-order valence-corrected chi connectivity index (χ0v) is 28.3. The van der Waals surface area contributed by atoms with Gasteiger partial charge in [-0.05, 0) is 18.3 Å². The topological polar surface area (TPSA) is 0 Å². The van der Waals surface area contributed by atoms with Crippen LogP contribution >= 0.6 is 0 Å². The summed E-state index contributed by atoms with van der Waals surface area (Å²) in [5.41, 5.74) is 12.6. The van der Waals surface area contributed by atoms with Gasteiger partial charge >= 0.3 is 25.8 Å². The quantitative estimate of drug-likeness (QED) is 0.137. The molecule has 0 aliphatic heterocycles. The first kappa shape index (κ1) is 34.1. The van der Waals surface area contributed by atoms with E-state index in [1.807, 2.05) is 0 Å². The first-order valence-electron chi connectivity index (χ1n) is 13.0. The number of fused-ring (bicyclic) bond motifs is 2. The van der Waals surface area contributed by atoms with Crippen LogP contribution in [0, 0.1) is 54.9 Å². The maximum atomic E-state index is 2.51. The van der Waals surface area contributed by atoms with Gasteiger partial charge in [-0.1, -0.05) is 111 Å². The van der Waals surface area contributed by atoms with Gasteiger partial charge in [-0.3, -0.25) is 0 Å². The number of hydrogen-bond acceptors (Lipinski definition) is 0. The van der Waals surface area contributed by atoms with Crippen LogP contribution in [0.15, 0.2) is 24.3 Å². The molecule has 1 aliphatic carbocycles. The van der Waals surface area contributed by atoms with Crippen LogP contribution in [0.2, 0.25) is 0 Å². The van der Waals surface area contributed by atoms with Crippen LogP contribution in [0.1, 0.15) is 104 Å². The van der Waals surface area contributed by atoms with E-state index in [9.17, 15) is 0 Å². The third-order valence-electron chi connectivity index (χ3n) is 8.13. The van der Waals surface area contributed by atoms with Gasteiger partial charge in [0.25, 0.3) is 0 Å². The van der Waals surface area contributed by atoms with Crippen LogP contribution < -0.4 is 0 Å². The molecular formula is C34H52Hf. The Balaban J connectivity index is 0.000000764. The van der Waals surface area contributed by atoms with E-state index >= 15 is 0 Å². The van der Waals surface area contributed by atoms with E-state index in [0.717, 1.165) is 0 Å². The smallest absolute Gasteiger partial charge is 0.358 e. The van der Waals surface area contributed by atoms with Gasteiger partial charge in [-0.2, -0.15) is 33.9 Å². The van der Waals surface area contributed by atoms with Crippen LogP contribution in [-0.2, 0) is 45.1 Å². The third-order valence-corrected chi connectivity index (χ3v) is 8.13. The molecule has 1 heteroatoms. The number of hydrogen-bond donors (Lipinski definition) is 0. The largest absolute Gasteiger partial charge is 4.00 e. The van der Waals surface area contributed by atoms with Gasteiger partial charge in [0.05, 0.1) is 0 Å². The molecule has 4 rings (SSSR count). The van der Waals surface area contributed by atoms with Crippen molar-refractivity contribution in [1.82, 2.24) is 0 Å². The van der Waals surface area contributed by atoms with Gasteiger partial charge in [0.15, 0.2) is 0 Å². The minimum absolute atomic E-state index is 0. The normalized spacial score (nSPS) is 13.3. The minimum atomic E-state index is 0. The Morgan fingerprint density at radius 1 is 0.800 bits per heavy atom. The number of benzene rings is 1. The molecule has 35 heavy (non-hydrogen) atoms. The summed E-state index contributed by atoms with van der Waals surface area (Å²) in [6.45, 7) is 18.1. The Kier molecular flexibility index (Phi) is 14.3. The van der Waals surface area contributed by atoms with Crippen LogP contribution in [-0.4, -0.2) is 0 Å². The predicted octanol–water partition coefficient (Wildman–Crippen LogP) is 10.4. The molecule has 0 atom stereocenters. The minimum Gasteiger partial charge on any atom is -0.358 e. The molecule has 1 aliphatic rings. The molecule has 0 N–H and O–H groups in total. The van der Waals surface area contributed by atoms with Crippen molar-refractivity contribution in [2.24, 2.45) is 5.41 Å². The van der Waals surface area contributed by atoms with Gasteiger partial charge in [0.2, 0.25) is 0 Å². The SMILES string of the molecule is CCCCCCCC[c-]1ccc2cc3c(cc21)CC(C)(C)C3.Cc1c(C)c(C)[c-](C)c1C.[CH3-].[CH3-].[Hf+4]. The fraction of sp³-hybridized carbons (Fsp3) is 0.529. The van der Waals surface area contributed by atoms with Crippen molar-refractivity contribution in [3.8, 4) is 0 Å². The number of unbranched alkanes of at least 4 members (excludes halogenated alkanes) is 5. The first-order valence-corrected chi connectivity index (χ1v) is 13.0. The van der Waals surface area contributed by atoms with Gasteiger partial charge in [0, 0.05) is 0 Å². The Morgan fingerprint density at radius 2 is 1.31 bits per heavy atom. The van der Waals surface area contributed by atoms with Gasteiger partial charge in [-0.15, -0.1) is 34.5 Å². The Bertz CT molecular complexity index is 960. The number of rotatable bonds is 7. The molecule has 0 amide bonds. The maximum absolute atomic E-state index is 2.51. The molecule has 0 bridgehead atoms. The Labute approximate surface area is 237 Å². The van der Waals surface area contributed by atoms with E-state index in [0.29, 0.717) is 5.41 Å². The molecule has 0 nitrogen and oxygen atoms in total. The molecule has 0 radical (unpaired) electrons. The van der Waals surface area contributed by atoms with E-state index in [1.165, 1.54) is 96.4 Å². The average molecular weight is 639 g/mol.